The third-order valence-corrected chi connectivity index (χ3v) is 2.97. The summed E-state index contributed by atoms with van der Waals surface area (Å²) >= 11 is 0. The van der Waals surface area contributed by atoms with Crippen LogP contribution in [0.2, 0.25) is 0 Å². The van der Waals surface area contributed by atoms with Gasteiger partial charge in [0.05, 0.1) is 0 Å². The maximum absolute atomic E-state index is 13.1. The SMILES string of the molecule is CN(C)c1cccc(C(=O)Cc2cc(F)cc(F)c2)c1. The van der Waals surface area contributed by atoms with Crippen LogP contribution in [0.5, 0.6) is 0 Å². The van der Waals surface area contributed by atoms with E-state index in [0.29, 0.717) is 11.1 Å². The van der Waals surface area contributed by atoms with Crippen molar-refractivity contribution < 1.29 is 13.6 Å². The molecule has 2 rings (SSSR count). The summed E-state index contributed by atoms with van der Waals surface area (Å²) in [5, 5.41) is 0. The Morgan fingerprint density at radius 3 is 2.30 bits per heavy atom. The van der Waals surface area contributed by atoms with Crippen molar-refractivity contribution in [3.8, 4) is 0 Å². The summed E-state index contributed by atoms with van der Waals surface area (Å²) in [6.07, 6.45) is -0.0223. The second-order valence-electron chi connectivity index (χ2n) is 4.82. The molecule has 2 aromatic carbocycles. The lowest BCUT2D eigenvalue weighted by molar-refractivity contribution is 0.0993. The molecule has 0 aliphatic carbocycles. The average molecular weight is 275 g/mol. The minimum atomic E-state index is -0.671. The Labute approximate surface area is 116 Å². The molecule has 0 aliphatic rings. The molecule has 0 spiro atoms. The highest BCUT2D eigenvalue weighted by molar-refractivity contribution is 5.98. The van der Waals surface area contributed by atoms with Crippen molar-refractivity contribution in [2.24, 2.45) is 0 Å². The van der Waals surface area contributed by atoms with E-state index in [-0.39, 0.29) is 12.2 Å². The largest absolute Gasteiger partial charge is 0.378 e. The summed E-state index contributed by atoms with van der Waals surface area (Å²) in [7, 11) is 3.76. The molecule has 0 amide bonds. The van der Waals surface area contributed by atoms with Crippen LogP contribution in [0.3, 0.4) is 0 Å². The van der Waals surface area contributed by atoms with Crippen molar-refractivity contribution in [2.45, 2.75) is 6.42 Å². The molecule has 0 fully saturated rings. The lowest BCUT2D eigenvalue weighted by Crippen LogP contribution is -2.10. The number of nitrogens with zero attached hydrogens (tertiary/aromatic N) is 1. The van der Waals surface area contributed by atoms with Crippen LogP contribution in [0.4, 0.5) is 14.5 Å². The van der Waals surface area contributed by atoms with Crippen LogP contribution in [0.25, 0.3) is 0 Å². The van der Waals surface area contributed by atoms with E-state index in [1.54, 1.807) is 18.2 Å². The van der Waals surface area contributed by atoms with E-state index >= 15 is 0 Å². The smallest absolute Gasteiger partial charge is 0.167 e. The van der Waals surface area contributed by atoms with Gasteiger partial charge in [0, 0.05) is 37.8 Å². The van der Waals surface area contributed by atoms with Crippen molar-refractivity contribution in [2.75, 3.05) is 19.0 Å². The number of hydrogen-bond acceptors (Lipinski definition) is 2. The van der Waals surface area contributed by atoms with Gasteiger partial charge in [-0.3, -0.25) is 4.79 Å². The van der Waals surface area contributed by atoms with Gasteiger partial charge in [-0.15, -0.1) is 0 Å². The Hall–Kier alpha value is -2.23. The van der Waals surface area contributed by atoms with Crippen LogP contribution >= 0.6 is 0 Å². The van der Waals surface area contributed by atoms with Crippen molar-refractivity contribution >= 4 is 11.5 Å². The first-order valence-corrected chi connectivity index (χ1v) is 6.21. The van der Waals surface area contributed by atoms with Crippen molar-refractivity contribution in [1.29, 1.82) is 0 Å². The highest BCUT2D eigenvalue weighted by atomic mass is 19.1. The molecule has 0 aromatic heterocycles. The minimum Gasteiger partial charge on any atom is -0.378 e. The summed E-state index contributed by atoms with van der Waals surface area (Å²) in [4.78, 5) is 14.0. The zero-order chi connectivity index (χ0) is 14.7. The molecule has 0 saturated heterocycles. The standard InChI is InChI=1S/C16H15F2NO/c1-19(2)15-5-3-4-12(9-15)16(20)8-11-6-13(17)10-14(18)7-11/h3-7,9-10H,8H2,1-2H3. The molecule has 0 saturated carbocycles. The van der Waals surface area contributed by atoms with E-state index in [4.69, 9.17) is 0 Å². The predicted molar refractivity (Wildman–Crippen MR) is 75.2 cm³/mol. The van der Waals surface area contributed by atoms with Gasteiger partial charge in [-0.2, -0.15) is 0 Å². The van der Waals surface area contributed by atoms with Crippen LogP contribution < -0.4 is 4.90 Å². The van der Waals surface area contributed by atoms with Gasteiger partial charge in [-0.05, 0) is 29.8 Å². The summed E-state index contributed by atoms with van der Waals surface area (Å²) in [6.45, 7) is 0. The molecule has 0 heterocycles. The van der Waals surface area contributed by atoms with E-state index in [0.717, 1.165) is 11.8 Å². The van der Waals surface area contributed by atoms with Gasteiger partial charge in [-0.25, -0.2) is 8.78 Å². The van der Waals surface area contributed by atoms with E-state index < -0.39 is 11.6 Å². The van der Waals surface area contributed by atoms with Gasteiger partial charge >= 0.3 is 0 Å². The van der Waals surface area contributed by atoms with Gasteiger partial charge in [0.25, 0.3) is 0 Å². The fourth-order valence-electron chi connectivity index (χ4n) is 1.96. The first kappa shape index (κ1) is 14.2. The maximum atomic E-state index is 13.1. The molecule has 0 unspecified atom stereocenters. The van der Waals surface area contributed by atoms with E-state index in [2.05, 4.69) is 0 Å². The van der Waals surface area contributed by atoms with Crippen LogP contribution in [0, 0.1) is 11.6 Å². The van der Waals surface area contributed by atoms with Gasteiger partial charge in [-0.1, -0.05) is 12.1 Å². The van der Waals surface area contributed by atoms with Crippen molar-refractivity contribution in [1.82, 2.24) is 0 Å². The van der Waals surface area contributed by atoms with Crippen molar-refractivity contribution in [3.05, 3.63) is 65.2 Å². The second kappa shape index (κ2) is 5.82. The lowest BCUT2D eigenvalue weighted by Gasteiger charge is -2.13. The number of carbonyl (C=O) groups is 1. The zero-order valence-corrected chi connectivity index (χ0v) is 11.4. The molecular formula is C16H15F2NO. The molecular weight excluding hydrogens is 260 g/mol. The molecule has 0 bridgehead atoms. The molecule has 0 aliphatic heterocycles. The number of anilines is 1. The molecule has 0 radical (unpaired) electrons. The van der Waals surface area contributed by atoms with Gasteiger partial charge in [0.2, 0.25) is 0 Å². The first-order chi connectivity index (χ1) is 9.45. The number of Topliss-reactive ketones (excluding diaryl/α,β-unsaturated/α-hetero) is 1. The molecule has 0 N–H and O–H groups in total. The predicted octanol–water partition coefficient (Wildman–Crippen LogP) is 3.46. The summed E-state index contributed by atoms with van der Waals surface area (Å²) in [6, 6.07) is 10.3. The summed E-state index contributed by atoms with van der Waals surface area (Å²) in [5.41, 5.74) is 1.77. The molecule has 2 aromatic rings. The average Bonchev–Trinajstić information content (AvgIpc) is 2.37. The zero-order valence-electron chi connectivity index (χ0n) is 11.4. The monoisotopic (exact) mass is 275 g/mol. The number of benzene rings is 2. The topological polar surface area (TPSA) is 20.3 Å². The minimum absolute atomic E-state index is 0.0223. The molecule has 104 valence electrons. The van der Waals surface area contributed by atoms with Crippen LogP contribution in [-0.2, 0) is 6.42 Å². The number of halogens is 2. The van der Waals surface area contributed by atoms with Gasteiger partial charge in [0.1, 0.15) is 11.6 Å². The molecule has 4 heteroatoms. The number of carbonyl (C=O) groups excluding carboxylic acids is 1. The Morgan fingerprint density at radius 1 is 1.05 bits per heavy atom. The highest BCUT2D eigenvalue weighted by Gasteiger charge is 2.10. The molecule has 0 atom stereocenters. The third kappa shape index (κ3) is 3.41. The molecule has 2 nitrogen and oxygen atoms in total. The van der Waals surface area contributed by atoms with E-state index in [1.165, 1.54) is 12.1 Å². The highest BCUT2D eigenvalue weighted by Crippen LogP contribution is 2.16. The second-order valence-corrected chi connectivity index (χ2v) is 4.82. The quantitative estimate of drug-likeness (QED) is 0.796. The van der Waals surface area contributed by atoms with Crippen LogP contribution in [-0.4, -0.2) is 19.9 Å². The summed E-state index contributed by atoms with van der Waals surface area (Å²) < 4.78 is 26.2. The maximum Gasteiger partial charge on any atom is 0.167 e. The Morgan fingerprint density at radius 2 is 1.70 bits per heavy atom. The Kier molecular flexibility index (Phi) is 4.13. The Bertz CT molecular complexity index is 618. The molecule has 20 heavy (non-hydrogen) atoms. The lowest BCUT2D eigenvalue weighted by atomic mass is 10.0. The number of hydrogen-bond donors (Lipinski definition) is 0. The van der Waals surface area contributed by atoms with Gasteiger partial charge < -0.3 is 4.90 Å². The van der Waals surface area contributed by atoms with E-state index in [9.17, 15) is 13.6 Å². The Balaban J connectivity index is 2.21. The van der Waals surface area contributed by atoms with Crippen LogP contribution in [0.15, 0.2) is 42.5 Å². The van der Waals surface area contributed by atoms with Crippen LogP contribution in [0.1, 0.15) is 15.9 Å². The fraction of sp³-hybridized carbons (Fsp3) is 0.188. The number of rotatable bonds is 4. The third-order valence-electron chi connectivity index (χ3n) is 2.97. The number of ketones is 1. The fourth-order valence-corrected chi connectivity index (χ4v) is 1.96. The normalized spacial score (nSPS) is 10.4. The first-order valence-electron chi connectivity index (χ1n) is 6.21. The summed E-state index contributed by atoms with van der Waals surface area (Å²) in [5.74, 6) is -1.51. The van der Waals surface area contributed by atoms with Gasteiger partial charge in [0.15, 0.2) is 5.78 Å². The van der Waals surface area contributed by atoms with Crippen molar-refractivity contribution in [3.63, 3.8) is 0 Å². The van der Waals surface area contributed by atoms with E-state index in [1.807, 2.05) is 25.1 Å².